The van der Waals surface area contributed by atoms with Gasteiger partial charge < -0.3 is 14.2 Å². The van der Waals surface area contributed by atoms with E-state index in [1.807, 2.05) is 84.1 Å². The van der Waals surface area contributed by atoms with Gasteiger partial charge in [-0.1, -0.05) is 67.6 Å². The monoisotopic (exact) mass is 477 g/mol. The lowest BCUT2D eigenvalue weighted by molar-refractivity contribution is 0.122. The molecule has 2 aromatic carbocycles. The molecule has 1 aliphatic rings. The third kappa shape index (κ3) is 3.95. The summed E-state index contributed by atoms with van der Waals surface area (Å²) >= 11 is 0. The molecule has 0 bridgehead atoms. The Hall–Kier alpha value is -3.30. The summed E-state index contributed by atoms with van der Waals surface area (Å²) in [6.45, 7) is 4.35. The van der Waals surface area contributed by atoms with Gasteiger partial charge in [-0.05, 0) is 11.1 Å². The van der Waals surface area contributed by atoms with Gasteiger partial charge in [0.15, 0.2) is 17.0 Å². The number of aromatic nitrogens is 4. The molecule has 3 heterocycles. The van der Waals surface area contributed by atoms with Crippen molar-refractivity contribution in [1.29, 1.82) is 0 Å². The first-order valence-corrected chi connectivity index (χ1v) is 12.9. The van der Waals surface area contributed by atoms with Crippen LogP contribution in [0.5, 0.6) is 0 Å². The first-order chi connectivity index (χ1) is 16.5. The maximum absolute atomic E-state index is 14.2. The number of anilines is 1. The molecule has 0 atom stereocenters. The van der Waals surface area contributed by atoms with Crippen LogP contribution >= 0.6 is 0 Å². The van der Waals surface area contributed by atoms with Crippen LogP contribution in [0.4, 0.5) is 5.82 Å². The number of hydrogen-bond acceptors (Lipinski definition) is 7. The summed E-state index contributed by atoms with van der Waals surface area (Å²) in [6.07, 6.45) is 0.703. The molecule has 1 saturated heterocycles. The summed E-state index contributed by atoms with van der Waals surface area (Å²) in [5, 5.41) is -1.12. The molecule has 9 heteroatoms. The standard InChI is InChI=1S/C25H27N5O3S/c1-3-20-26-21-23(29(20)2)27-25(28-24(21)30-14-16-33-17-15-30)34(31,32)22(18-10-6-4-7-11-18)19-12-8-5-9-13-19/h4-13,22H,3,14-17H2,1-2H3. The van der Waals surface area contributed by atoms with E-state index in [9.17, 15) is 8.42 Å². The molecule has 0 aliphatic carbocycles. The maximum Gasteiger partial charge on any atom is 0.252 e. The Morgan fingerprint density at radius 1 is 0.912 bits per heavy atom. The Labute approximate surface area is 199 Å². The highest BCUT2D eigenvalue weighted by atomic mass is 32.2. The zero-order chi connectivity index (χ0) is 23.7. The van der Waals surface area contributed by atoms with Crippen LogP contribution in [0.1, 0.15) is 29.1 Å². The lowest BCUT2D eigenvalue weighted by atomic mass is 10.0. The smallest absolute Gasteiger partial charge is 0.252 e. The number of sulfone groups is 1. The molecule has 1 aliphatic heterocycles. The minimum absolute atomic E-state index is 0.190. The Balaban J connectivity index is 1.74. The molecule has 0 unspecified atom stereocenters. The van der Waals surface area contributed by atoms with Crippen molar-refractivity contribution < 1.29 is 13.2 Å². The normalized spacial score (nSPS) is 14.7. The average Bonchev–Trinajstić information content (AvgIpc) is 3.21. The summed E-state index contributed by atoms with van der Waals surface area (Å²) in [6, 6.07) is 18.4. The topological polar surface area (TPSA) is 90.2 Å². The van der Waals surface area contributed by atoms with Gasteiger partial charge in [0, 0.05) is 26.6 Å². The van der Waals surface area contributed by atoms with Crippen LogP contribution in [0.3, 0.4) is 0 Å². The molecule has 0 saturated carbocycles. The molecule has 4 aromatic rings. The van der Waals surface area contributed by atoms with Crippen LogP contribution in [0.25, 0.3) is 11.2 Å². The van der Waals surface area contributed by atoms with Crippen LogP contribution in [-0.2, 0) is 28.0 Å². The second-order valence-electron chi connectivity index (χ2n) is 8.29. The van der Waals surface area contributed by atoms with Gasteiger partial charge in [0.2, 0.25) is 9.84 Å². The highest BCUT2D eigenvalue weighted by Gasteiger charge is 2.35. The Morgan fingerprint density at radius 2 is 1.50 bits per heavy atom. The molecule has 0 N–H and O–H groups in total. The summed E-state index contributed by atoms with van der Waals surface area (Å²) in [5.41, 5.74) is 2.48. The fourth-order valence-electron chi connectivity index (χ4n) is 4.42. The highest BCUT2D eigenvalue weighted by Crippen LogP contribution is 2.35. The number of fused-ring (bicyclic) bond motifs is 1. The van der Waals surface area contributed by atoms with E-state index in [0.29, 0.717) is 60.8 Å². The number of imidazole rings is 1. The third-order valence-corrected chi connectivity index (χ3v) is 8.03. The molecule has 0 spiro atoms. The van der Waals surface area contributed by atoms with Gasteiger partial charge in [0.1, 0.15) is 11.1 Å². The number of hydrogen-bond donors (Lipinski definition) is 0. The van der Waals surface area contributed by atoms with Gasteiger partial charge in [-0.15, -0.1) is 0 Å². The predicted octanol–water partition coefficient (Wildman–Crippen LogP) is 3.33. The fraction of sp³-hybridized carbons (Fsp3) is 0.320. The van der Waals surface area contributed by atoms with E-state index in [4.69, 9.17) is 9.72 Å². The molecule has 0 amide bonds. The number of rotatable bonds is 6. The van der Waals surface area contributed by atoms with Crippen molar-refractivity contribution in [3.8, 4) is 0 Å². The summed E-state index contributed by atoms with van der Waals surface area (Å²) in [4.78, 5) is 16.0. The number of nitrogens with zero attached hydrogens (tertiary/aromatic N) is 5. The second-order valence-corrected chi connectivity index (χ2v) is 10.2. The Bertz CT molecular complexity index is 1360. The van der Waals surface area contributed by atoms with Gasteiger partial charge in [-0.2, -0.15) is 9.97 Å². The lowest BCUT2D eigenvalue weighted by Gasteiger charge is -2.28. The number of ether oxygens (including phenoxy) is 1. The molecule has 5 rings (SSSR count). The summed E-state index contributed by atoms with van der Waals surface area (Å²) < 4.78 is 35.8. The van der Waals surface area contributed by atoms with Crippen molar-refractivity contribution in [2.24, 2.45) is 7.05 Å². The quantitative estimate of drug-likeness (QED) is 0.394. The molecule has 8 nitrogen and oxygen atoms in total. The zero-order valence-electron chi connectivity index (χ0n) is 19.3. The Morgan fingerprint density at radius 3 is 2.06 bits per heavy atom. The van der Waals surface area contributed by atoms with Gasteiger partial charge in [-0.3, -0.25) is 0 Å². The van der Waals surface area contributed by atoms with Crippen molar-refractivity contribution in [2.75, 3.05) is 31.2 Å². The van der Waals surface area contributed by atoms with Crippen molar-refractivity contribution in [3.63, 3.8) is 0 Å². The van der Waals surface area contributed by atoms with E-state index in [1.54, 1.807) is 0 Å². The van der Waals surface area contributed by atoms with Crippen LogP contribution in [0.15, 0.2) is 65.8 Å². The lowest BCUT2D eigenvalue weighted by Crippen LogP contribution is -2.37. The van der Waals surface area contributed by atoms with E-state index in [1.165, 1.54) is 0 Å². The van der Waals surface area contributed by atoms with Gasteiger partial charge in [0.25, 0.3) is 5.16 Å². The van der Waals surface area contributed by atoms with Gasteiger partial charge >= 0.3 is 0 Å². The SMILES string of the molecule is CCc1nc2c(N3CCOCC3)nc(S(=O)(=O)C(c3ccccc3)c3ccccc3)nc2n1C. The second kappa shape index (κ2) is 9.15. The molecule has 1 fully saturated rings. The van der Waals surface area contributed by atoms with Crippen LogP contribution in [0.2, 0.25) is 0 Å². The molecule has 0 radical (unpaired) electrons. The van der Waals surface area contributed by atoms with Crippen molar-refractivity contribution >= 4 is 26.8 Å². The van der Waals surface area contributed by atoms with E-state index < -0.39 is 15.1 Å². The maximum atomic E-state index is 14.2. The highest BCUT2D eigenvalue weighted by molar-refractivity contribution is 7.91. The van der Waals surface area contributed by atoms with Gasteiger partial charge in [0.05, 0.1) is 13.2 Å². The van der Waals surface area contributed by atoms with E-state index in [0.717, 1.165) is 5.82 Å². The summed E-state index contributed by atoms with van der Waals surface area (Å²) in [7, 11) is -2.13. The zero-order valence-corrected chi connectivity index (χ0v) is 20.1. The van der Waals surface area contributed by atoms with Crippen molar-refractivity contribution in [3.05, 3.63) is 77.6 Å². The minimum Gasteiger partial charge on any atom is -0.378 e. The Kier molecular flexibility index (Phi) is 6.05. The van der Waals surface area contributed by atoms with Crippen molar-refractivity contribution in [2.45, 2.75) is 23.8 Å². The molecule has 176 valence electrons. The molecular formula is C25H27N5O3S. The van der Waals surface area contributed by atoms with Crippen LogP contribution < -0.4 is 4.90 Å². The largest absolute Gasteiger partial charge is 0.378 e. The minimum atomic E-state index is -4.00. The molecule has 2 aromatic heterocycles. The third-order valence-electron chi connectivity index (χ3n) is 6.17. The van der Waals surface area contributed by atoms with Crippen molar-refractivity contribution in [1.82, 2.24) is 19.5 Å². The summed E-state index contributed by atoms with van der Waals surface area (Å²) in [5.74, 6) is 1.37. The van der Waals surface area contributed by atoms with Crippen LogP contribution in [0, 0.1) is 0 Å². The molecule has 34 heavy (non-hydrogen) atoms. The van der Waals surface area contributed by atoms with E-state index in [2.05, 4.69) is 9.97 Å². The van der Waals surface area contributed by atoms with Crippen LogP contribution in [-0.4, -0.2) is 54.2 Å². The number of aryl methyl sites for hydroxylation is 2. The number of benzene rings is 2. The number of morpholine rings is 1. The fourth-order valence-corrected chi connectivity index (χ4v) is 6.09. The first-order valence-electron chi connectivity index (χ1n) is 11.4. The van der Waals surface area contributed by atoms with Gasteiger partial charge in [-0.25, -0.2) is 13.4 Å². The molecular weight excluding hydrogens is 450 g/mol. The average molecular weight is 478 g/mol. The predicted molar refractivity (Wildman–Crippen MR) is 131 cm³/mol. The van der Waals surface area contributed by atoms with E-state index >= 15 is 0 Å². The first kappa shape index (κ1) is 22.5. The van der Waals surface area contributed by atoms with E-state index in [-0.39, 0.29) is 5.16 Å².